The fraction of sp³-hybridized carbons (Fsp3) is 0.333. The summed E-state index contributed by atoms with van der Waals surface area (Å²) in [6.07, 6.45) is 3.54. The van der Waals surface area contributed by atoms with Crippen LogP contribution in [0.3, 0.4) is 0 Å². The van der Waals surface area contributed by atoms with Crippen LogP contribution in [0.1, 0.15) is 23.2 Å². The Morgan fingerprint density at radius 1 is 1.28 bits per heavy atom. The van der Waals surface area contributed by atoms with Crippen molar-refractivity contribution >= 4 is 17.5 Å². The molecule has 1 aromatic heterocycles. The molecule has 0 spiro atoms. The van der Waals surface area contributed by atoms with Gasteiger partial charge in [0.05, 0.1) is 6.54 Å². The Balaban J connectivity index is 1.88. The number of halogens is 4. The van der Waals surface area contributed by atoms with Crippen molar-refractivity contribution in [2.24, 2.45) is 0 Å². The number of alkyl halides is 1. The monoisotopic (exact) mass is 368 g/mol. The zero-order valence-corrected chi connectivity index (χ0v) is 14.1. The average Bonchev–Trinajstić information content (AvgIpc) is 2.60. The zero-order chi connectivity index (χ0) is 18.0. The van der Waals surface area contributed by atoms with Crippen molar-refractivity contribution in [3.05, 3.63) is 64.7 Å². The summed E-state index contributed by atoms with van der Waals surface area (Å²) < 4.78 is 41.1. The first-order chi connectivity index (χ1) is 12.0. The molecule has 0 aliphatic heterocycles. The van der Waals surface area contributed by atoms with Crippen LogP contribution in [0.5, 0.6) is 0 Å². The highest BCUT2D eigenvalue weighted by atomic mass is 35.5. The van der Waals surface area contributed by atoms with Crippen LogP contribution in [0.2, 0.25) is 0 Å². The molecule has 1 aliphatic rings. The van der Waals surface area contributed by atoms with Gasteiger partial charge in [0.2, 0.25) is 5.91 Å². The molecule has 1 aromatic carbocycles. The molecule has 1 amide bonds. The number of amides is 1. The summed E-state index contributed by atoms with van der Waals surface area (Å²) in [6.45, 7) is -0.288. The molecule has 25 heavy (non-hydrogen) atoms. The average molecular weight is 369 g/mol. The zero-order valence-electron chi connectivity index (χ0n) is 13.3. The van der Waals surface area contributed by atoms with E-state index in [4.69, 9.17) is 11.6 Å². The number of carbonyl (C=O) groups is 1. The Hall–Kier alpha value is -2.08. The molecular weight excluding hydrogens is 353 g/mol. The van der Waals surface area contributed by atoms with Gasteiger partial charge in [-0.2, -0.15) is 0 Å². The quantitative estimate of drug-likeness (QED) is 0.772. The first-order valence-corrected chi connectivity index (χ1v) is 8.44. The molecule has 0 bridgehead atoms. The van der Waals surface area contributed by atoms with Gasteiger partial charge in [0.1, 0.15) is 23.3 Å². The number of hydrogen-bond donors (Lipinski definition) is 0. The van der Waals surface area contributed by atoms with Gasteiger partial charge in [0.15, 0.2) is 0 Å². The van der Waals surface area contributed by atoms with Crippen LogP contribution in [0.15, 0.2) is 30.5 Å². The molecule has 1 atom stereocenters. The van der Waals surface area contributed by atoms with Crippen LogP contribution in [0, 0.1) is 17.5 Å². The van der Waals surface area contributed by atoms with E-state index in [0.29, 0.717) is 31.4 Å². The molecule has 0 saturated heterocycles. The third-order valence-corrected chi connectivity index (χ3v) is 4.69. The van der Waals surface area contributed by atoms with Crippen molar-refractivity contribution < 1.29 is 18.0 Å². The van der Waals surface area contributed by atoms with Crippen LogP contribution in [0.25, 0.3) is 0 Å². The van der Waals surface area contributed by atoms with Gasteiger partial charge < -0.3 is 4.90 Å². The molecule has 3 nitrogen and oxygen atoms in total. The number of aryl methyl sites for hydroxylation is 1. The predicted octanol–water partition coefficient (Wildman–Crippen LogP) is 3.62. The molecule has 132 valence electrons. The lowest BCUT2D eigenvalue weighted by atomic mass is 9.90. The fourth-order valence-electron chi connectivity index (χ4n) is 3.20. The van der Waals surface area contributed by atoms with Crippen LogP contribution < -0.4 is 0 Å². The second-order valence-electron chi connectivity index (χ2n) is 6.01. The van der Waals surface area contributed by atoms with Gasteiger partial charge in [0.25, 0.3) is 0 Å². The topological polar surface area (TPSA) is 33.2 Å². The lowest BCUT2D eigenvalue weighted by Crippen LogP contribution is -2.44. The lowest BCUT2D eigenvalue weighted by Gasteiger charge is -2.35. The van der Waals surface area contributed by atoms with Crippen molar-refractivity contribution in [2.45, 2.75) is 31.8 Å². The Morgan fingerprint density at radius 3 is 2.68 bits per heavy atom. The normalized spacial score (nSPS) is 16.4. The van der Waals surface area contributed by atoms with E-state index >= 15 is 0 Å². The maximum absolute atomic E-state index is 14.0. The second kappa shape index (κ2) is 7.44. The first-order valence-electron chi connectivity index (χ1n) is 7.91. The van der Waals surface area contributed by atoms with E-state index in [9.17, 15) is 18.0 Å². The van der Waals surface area contributed by atoms with Crippen molar-refractivity contribution in [1.82, 2.24) is 9.88 Å². The van der Waals surface area contributed by atoms with Crippen LogP contribution in [-0.2, 0) is 24.2 Å². The van der Waals surface area contributed by atoms with Crippen LogP contribution in [-0.4, -0.2) is 27.7 Å². The Kier molecular flexibility index (Phi) is 5.27. The van der Waals surface area contributed by atoms with Gasteiger partial charge in [-0.25, -0.2) is 13.2 Å². The van der Waals surface area contributed by atoms with Crippen molar-refractivity contribution in [3.8, 4) is 0 Å². The standard InChI is InChI=1S/C18H16ClF3N2O/c19-9-18(25)24(10-14-15(21)7-12(20)8-16(14)22)13-3-4-17-11(6-13)2-1-5-23-17/h1-2,5,7-8,13H,3-4,6,9-10H2. The largest absolute Gasteiger partial charge is 0.334 e. The Morgan fingerprint density at radius 2 is 2.00 bits per heavy atom. The highest BCUT2D eigenvalue weighted by molar-refractivity contribution is 6.27. The smallest absolute Gasteiger partial charge is 0.238 e. The van der Waals surface area contributed by atoms with E-state index in [1.165, 1.54) is 4.90 Å². The number of aromatic nitrogens is 1. The molecule has 3 rings (SSSR count). The van der Waals surface area contributed by atoms with E-state index in [2.05, 4.69) is 4.98 Å². The molecule has 1 heterocycles. The summed E-state index contributed by atoms with van der Waals surface area (Å²) in [5, 5.41) is 0. The fourth-order valence-corrected chi connectivity index (χ4v) is 3.35. The van der Waals surface area contributed by atoms with Crippen LogP contribution in [0.4, 0.5) is 13.2 Å². The van der Waals surface area contributed by atoms with Gasteiger partial charge in [-0.05, 0) is 30.9 Å². The second-order valence-corrected chi connectivity index (χ2v) is 6.28. The summed E-state index contributed by atoms with van der Waals surface area (Å²) in [5.74, 6) is -3.72. The maximum Gasteiger partial charge on any atom is 0.238 e. The third-order valence-electron chi connectivity index (χ3n) is 4.46. The summed E-state index contributed by atoms with van der Waals surface area (Å²) in [7, 11) is 0. The minimum atomic E-state index is -1.01. The minimum absolute atomic E-state index is 0.244. The van der Waals surface area contributed by atoms with Crippen LogP contribution >= 0.6 is 11.6 Å². The van der Waals surface area contributed by atoms with Gasteiger partial charge in [-0.3, -0.25) is 9.78 Å². The summed E-state index contributed by atoms with van der Waals surface area (Å²) in [5.41, 5.74) is 1.64. The Labute approximate surface area is 148 Å². The van der Waals surface area contributed by atoms with Crippen molar-refractivity contribution in [3.63, 3.8) is 0 Å². The maximum atomic E-state index is 14.0. The Bertz CT molecular complexity index is 777. The number of hydrogen-bond acceptors (Lipinski definition) is 2. The molecule has 0 saturated carbocycles. The number of carbonyl (C=O) groups excluding carboxylic acids is 1. The van der Waals surface area contributed by atoms with Gasteiger partial charge >= 0.3 is 0 Å². The molecule has 0 N–H and O–H groups in total. The molecule has 0 radical (unpaired) electrons. The number of rotatable bonds is 4. The number of fused-ring (bicyclic) bond motifs is 1. The number of pyridine rings is 1. The molecule has 7 heteroatoms. The summed E-state index contributed by atoms with van der Waals surface area (Å²) in [4.78, 5) is 18.0. The van der Waals surface area contributed by atoms with E-state index in [-0.39, 0.29) is 24.0 Å². The number of nitrogens with zero attached hydrogens (tertiary/aromatic N) is 2. The molecule has 1 unspecified atom stereocenters. The van der Waals surface area contributed by atoms with E-state index < -0.39 is 23.4 Å². The predicted molar refractivity (Wildman–Crippen MR) is 87.6 cm³/mol. The summed E-state index contributed by atoms with van der Waals surface area (Å²) >= 11 is 5.69. The van der Waals surface area contributed by atoms with E-state index in [0.717, 1.165) is 11.3 Å². The molecule has 1 aliphatic carbocycles. The van der Waals surface area contributed by atoms with Gasteiger partial charge in [-0.1, -0.05) is 6.07 Å². The lowest BCUT2D eigenvalue weighted by molar-refractivity contribution is -0.131. The third kappa shape index (κ3) is 3.79. The first kappa shape index (κ1) is 17.7. The van der Waals surface area contributed by atoms with E-state index in [1.54, 1.807) is 6.20 Å². The van der Waals surface area contributed by atoms with Gasteiger partial charge in [0, 0.05) is 35.6 Å². The number of benzene rings is 1. The van der Waals surface area contributed by atoms with Crippen molar-refractivity contribution in [1.29, 1.82) is 0 Å². The molecule has 2 aromatic rings. The highest BCUT2D eigenvalue weighted by Crippen LogP contribution is 2.26. The SMILES string of the molecule is O=C(CCl)N(Cc1c(F)cc(F)cc1F)C1CCc2ncccc2C1. The van der Waals surface area contributed by atoms with Gasteiger partial charge in [-0.15, -0.1) is 11.6 Å². The summed E-state index contributed by atoms with van der Waals surface area (Å²) in [6, 6.07) is 4.72. The van der Waals surface area contributed by atoms with Crippen molar-refractivity contribution in [2.75, 3.05) is 5.88 Å². The minimum Gasteiger partial charge on any atom is -0.334 e. The highest BCUT2D eigenvalue weighted by Gasteiger charge is 2.29. The molecule has 0 fully saturated rings. The van der Waals surface area contributed by atoms with E-state index in [1.807, 2.05) is 12.1 Å². The molecular formula is C18H16ClF3N2O.